The van der Waals surface area contributed by atoms with Gasteiger partial charge in [0.1, 0.15) is 0 Å². The van der Waals surface area contributed by atoms with E-state index in [0.717, 1.165) is 12.8 Å². The maximum atomic E-state index is 11.0. The van der Waals surface area contributed by atoms with E-state index in [1.807, 2.05) is 0 Å². The number of hydrogen-bond donors (Lipinski definition) is 3. The summed E-state index contributed by atoms with van der Waals surface area (Å²) in [5.41, 5.74) is 1.67. The van der Waals surface area contributed by atoms with E-state index in [2.05, 4.69) is 19.9 Å². The Hall–Kier alpha value is -0.380. The molecule has 3 nitrogen and oxygen atoms in total. The third kappa shape index (κ3) is 2.19. The van der Waals surface area contributed by atoms with Crippen molar-refractivity contribution in [3.63, 3.8) is 0 Å². The van der Waals surface area contributed by atoms with Crippen LogP contribution in [-0.4, -0.2) is 33.6 Å². The molecule has 0 saturated heterocycles. The molecule has 4 rings (SSSR count). The van der Waals surface area contributed by atoms with Crippen LogP contribution in [0.1, 0.15) is 58.8 Å². The van der Waals surface area contributed by atoms with Crippen LogP contribution < -0.4 is 0 Å². The molecule has 4 aliphatic rings. The van der Waals surface area contributed by atoms with Crippen LogP contribution in [0.15, 0.2) is 11.6 Å². The minimum absolute atomic E-state index is 0.0571. The maximum Gasteiger partial charge on any atom is 0.0836 e. The lowest BCUT2D eigenvalue weighted by molar-refractivity contribution is -0.210. The van der Waals surface area contributed by atoms with Crippen molar-refractivity contribution in [3.8, 4) is 0 Å². The van der Waals surface area contributed by atoms with Crippen molar-refractivity contribution < 1.29 is 15.3 Å². The van der Waals surface area contributed by atoms with Crippen LogP contribution in [0.2, 0.25) is 0 Å². The highest BCUT2D eigenvalue weighted by Crippen LogP contribution is 2.63. The zero-order valence-electron chi connectivity index (χ0n) is 14.5. The lowest BCUT2D eigenvalue weighted by Gasteiger charge is -2.61. The fraction of sp³-hybridized carbons (Fsp3) is 0.900. The molecule has 4 aliphatic carbocycles. The van der Waals surface area contributed by atoms with Gasteiger partial charge in [-0.3, -0.25) is 0 Å². The summed E-state index contributed by atoms with van der Waals surface area (Å²) in [5, 5.41) is 31.9. The number of hydrogen-bond acceptors (Lipinski definition) is 3. The summed E-state index contributed by atoms with van der Waals surface area (Å²) >= 11 is 0. The molecule has 4 saturated carbocycles. The molecule has 0 amide bonds. The summed E-state index contributed by atoms with van der Waals surface area (Å²) < 4.78 is 0. The minimum Gasteiger partial charge on any atom is -0.393 e. The van der Waals surface area contributed by atoms with Gasteiger partial charge in [-0.25, -0.2) is 0 Å². The number of allylic oxidation sites excluding steroid dienone is 2. The third-order valence-electron chi connectivity index (χ3n) is 8.27. The van der Waals surface area contributed by atoms with Crippen molar-refractivity contribution in [2.45, 2.75) is 77.1 Å². The van der Waals surface area contributed by atoms with Crippen LogP contribution >= 0.6 is 0 Å². The summed E-state index contributed by atoms with van der Waals surface area (Å²) in [6.07, 6.45) is 8.01. The summed E-state index contributed by atoms with van der Waals surface area (Å²) in [6, 6.07) is 0. The molecule has 0 aromatic carbocycles. The Kier molecular flexibility index (Phi) is 3.90. The molecule has 3 heteroatoms. The Morgan fingerprint density at radius 2 is 1.78 bits per heavy atom. The van der Waals surface area contributed by atoms with E-state index in [1.165, 1.54) is 25.7 Å². The highest BCUT2D eigenvalue weighted by atomic mass is 16.3. The summed E-state index contributed by atoms with van der Waals surface area (Å²) in [4.78, 5) is 0. The Balaban J connectivity index is 1.69. The number of aliphatic hydroxyl groups excluding tert-OH is 3. The van der Waals surface area contributed by atoms with Gasteiger partial charge in [-0.1, -0.05) is 18.6 Å². The van der Waals surface area contributed by atoms with E-state index in [0.29, 0.717) is 24.2 Å². The third-order valence-corrected chi connectivity index (χ3v) is 8.27. The predicted octanol–water partition coefficient (Wildman–Crippen LogP) is 2.89. The quantitative estimate of drug-likeness (QED) is 0.602. The van der Waals surface area contributed by atoms with Crippen molar-refractivity contribution >= 4 is 0 Å². The van der Waals surface area contributed by atoms with Crippen molar-refractivity contribution in [2.75, 3.05) is 0 Å². The van der Waals surface area contributed by atoms with Crippen LogP contribution in [0.3, 0.4) is 0 Å². The lowest BCUT2D eigenvalue weighted by atomic mass is 9.45. The summed E-state index contributed by atoms with van der Waals surface area (Å²) in [6.45, 7) is 4.48. The lowest BCUT2D eigenvalue weighted by Crippen LogP contribution is -2.62. The highest BCUT2D eigenvalue weighted by molar-refractivity contribution is 5.19. The van der Waals surface area contributed by atoms with Gasteiger partial charge >= 0.3 is 0 Å². The number of rotatable bonds is 0. The zero-order valence-corrected chi connectivity index (χ0v) is 14.5. The zero-order chi connectivity index (χ0) is 16.4. The topological polar surface area (TPSA) is 60.7 Å². The molecule has 130 valence electrons. The van der Waals surface area contributed by atoms with Crippen LogP contribution in [0.4, 0.5) is 0 Å². The molecule has 0 spiro atoms. The van der Waals surface area contributed by atoms with Gasteiger partial charge in [-0.2, -0.15) is 0 Å². The fourth-order valence-corrected chi connectivity index (χ4v) is 7.12. The Labute approximate surface area is 139 Å². The first-order chi connectivity index (χ1) is 11.0. The first-order valence-corrected chi connectivity index (χ1v) is 9.66. The molecule has 0 heterocycles. The van der Waals surface area contributed by atoms with E-state index in [1.54, 1.807) is 5.57 Å². The first kappa shape index (κ1) is 16.1. The first-order valence-electron chi connectivity index (χ1n) is 9.66. The van der Waals surface area contributed by atoms with Gasteiger partial charge in [-0.05, 0) is 86.9 Å². The molecule has 3 N–H and O–H groups in total. The molecule has 23 heavy (non-hydrogen) atoms. The van der Waals surface area contributed by atoms with Gasteiger partial charge in [0.15, 0.2) is 0 Å². The average Bonchev–Trinajstić information content (AvgIpc) is 2.97. The highest BCUT2D eigenvalue weighted by Gasteiger charge is 2.61. The molecule has 0 bridgehead atoms. The van der Waals surface area contributed by atoms with Gasteiger partial charge < -0.3 is 15.3 Å². The Bertz CT molecular complexity index is 501. The van der Waals surface area contributed by atoms with Gasteiger partial charge in [-0.15, -0.1) is 0 Å². The van der Waals surface area contributed by atoms with Gasteiger partial charge in [0, 0.05) is 0 Å². The van der Waals surface area contributed by atoms with E-state index in [-0.39, 0.29) is 23.4 Å². The standard InChI is InChI=1S/C20H32O3/c1-3-11-4-5-14-13(11)6-7-15-17(14)19(23)18(22)16-10-12(21)8-9-20(15,16)2/h3,12-19,21-23H,4-10H2,1-2H3/b11-3-/t12-,13?,14?,15?,16?,17?,18+,19+,20+/m0/s1. The second-order valence-electron chi connectivity index (χ2n) is 8.96. The van der Waals surface area contributed by atoms with Crippen molar-refractivity contribution in [3.05, 3.63) is 11.6 Å². The van der Waals surface area contributed by atoms with Crippen LogP contribution in [-0.2, 0) is 0 Å². The fourth-order valence-electron chi connectivity index (χ4n) is 7.12. The van der Waals surface area contributed by atoms with Gasteiger partial charge in [0.25, 0.3) is 0 Å². The molecular weight excluding hydrogens is 288 g/mol. The van der Waals surface area contributed by atoms with Gasteiger partial charge in [0.2, 0.25) is 0 Å². The Morgan fingerprint density at radius 3 is 2.52 bits per heavy atom. The second-order valence-corrected chi connectivity index (χ2v) is 8.96. The largest absolute Gasteiger partial charge is 0.393 e. The Morgan fingerprint density at radius 1 is 1.00 bits per heavy atom. The number of fused-ring (bicyclic) bond motifs is 5. The summed E-state index contributed by atoms with van der Waals surface area (Å²) in [5.74, 6) is 2.00. The van der Waals surface area contributed by atoms with Crippen LogP contribution in [0.25, 0.3) is 0 Å². The van der Waals surface area contributed by atoms with Crippen molar-refractivity contribution in [2.24, 2.45) is 35.0 Å². The van der Waals surface area contributed by atoms with E-state index in [9.17, 15) is 15.3 Å². The second kappa shape index (κ2) is 5.57. The maximum absolute atomic E-state index is 11.0. The molecule has 0 aromatic heterocycles. The minimum atomic E-state index is -0.662. The van der Waals surface area contributed by atoms with Crippen LogP contribution in [0, 0.1) is 35.0 Å². The molecule has 0 aliphatic heterocycles. The van der Waals surface area contributed by atoms with Crippen LogP contribution in [0.5, 0.6) is 0 Å². The van der Waals surface area contributed by atoms with E-state index >= 15 is 0 Å². The number of aliphatic hydroxyl groups is 3. The molecule has 5 unspecified atom stereocenters. The molecule has 4 fully saturated rings. The SMILES string of the molecule is C/C=C1/CCC2C1CCC1C2[C@@H](O)[C@H](O)C2C[C@@H](O)CC[C@]12C. The van der Waals surface area contributed by atoms with Gasteiger partial charge in [0.05, 0.1) is 18.3 Å². The van der Waals surface area contributed by atoms with E-state index in [4.69, 9.17) is 0 Å². The normalized spacial score (nSPS) is 57.7. The molecule has 0 aromatic rings. The van der Waals surface area contributed by atoms with E-state index < -0.39 is 12.2 Å². The molecular formula is C20H32O3. The van der Waals surface area contributed by atoms with Crippen molar-refractivity contribution in [1.82, 2.24) is 0 Å². The van der Waals surface area contributed by atoms with Crippen molar-refractivity contribution in [1.29, 1.82) is 0 Å². The smallest absolute Gasteiger partial charge is 0.0836 e. The molecule has 0 radical (unpaired) electrons. The molecule has 9 atom stereocenters. The average molecular weight is 320 g/mol. The monoisotopic (exact) mass is 320 g/mol. The summed E-state index contributed by atoms with van der Waals surface area (Å²) in [7, 11) is 0. The predicted molar refractivity (Wildman–Crippen MR) is 89.7 cm³/mol.